The summed E-state index contributed by atoms with van der Waals surface area (Å²) in [6, 6.07) is 0.407. The van der Waals surface area contributed by atoms with Crippen LogP contribution in [0, 0.1) is 5.92 Å². The van der Waals surface area contributed by atoms with Gasteiger partial charge in [-0.1, -0.05) is 13.3 Å². The van der Waals surface area contributed by atoms with Crippen LogP contribution < -0.4 is 5.32 Å². The molecule has 0 radical (unpaired) electrons. The molecule has 0 bridgehead atoms. The lowest BCUT2D eigenvalue weighted by atomic mass is 10.2. The molecule has 1 aromatic rings. The summed E-state index contributed by atoms with van der Waals surface area (Å²) in [5, 5.41) is 4.78. The fourth-order valence-corrected chi connectivity index (χ4v) is 2.21. The van der Waals surface area contributed by atoms with Gasteiger partial charge in [-0.25, -0.2) is 4.98 Å². The van der Waals surface area contributed by atoms with Crippen molar-refractivity contribution in [3.63, 3.8) is 0 Å². The van der Waals surface area contributed by atoms with Gasteiger partial charge in [0.15, 0.2) is 0 Å². The number of aromatic nitrogens is 1. The van der Waals surface area contributed by atoms with E-state index >= 15 is 0 Å². The van der Waals surface area contributed by atoms with Gasteiger partial charge in [0.2, 0.25) is 0 Å². The second kappa shape index (κ2) is 4.09. The lowest BCUT2D eigenvalue weighted by Gasteiger charge is -2.00. The number of carbonyl (C=O) groups is 1. The fourth-order valence-electron chi connectivity index (χ4n) is 1.68. The molecule has 76 valence electrons. The zero-order chi connectivity index (χ0) is 9.97. The van der Waals surface area contributed by atoms with Crippen LogP contribution in [0.5, 0.6) is 0 Å². The Kier molecular flexibility index (Phi) is 2.82. The second-order valence-corrected chi connectivity index (χ2v) is 4.46. The number of thiazole rings is 1. The van der Waals surface area contributed by atoms with Crippen molar-refractivity contribution >= 4 is 17.2 Å². The number of carbonyl (C=O) groups excluding carboxylic acids is 1. The van der Waals surface area contributed by atoms with Crippen molar-refractivity contribution in [1.29, 1.82) is 0 Å². The summed E-state index contributed by atoms with van der Waals surface area (Å²) in [4.78, 5) is 15.5. The van der Waals surface area contributed by atoms with Crippen molar-refractivity contribution in [3.8, 4) is 0 Å². The Morgan fingerprint density at radius 3 is 3.29 bits per heavy atom. The molecule has 2 unspecified atom stereocenters. The maximum Gasteiger partial charge on any atom is 0.270 e. The van der Waals surface area contributed by atoms with Gasteiger partial charge in [0.25, 0.3) is 5.91 Å². The Morgan fingerprint density at radius 1 is 1.79 bits per heavy atom. The van der Waals surface area contributed by atoms with Gasteiger partial charge in [0.05, 0.1) is 5.51 Å². The third-order valence-electron chi connectivity index (χ3n) is 2.56. The molecule has 1 fully saturated rings. The minimum absolute atomic E-state index is 0.0187. The topological polar surface area (TPSA) is 42.0 Å². The number of hydrogen-bond acceptors (Lipinski definition) is 3. The third-order valence-corrected chi connectivity index (χ3v) is 3.15. The molecule has 0 saturated heterocycles. The van der Waals surface area contributed by atoms with Crippen molar-refractivity contribution in [1.82, 2.24) is 10.3 Å². The van der Waals surface area contributed by atoms with Crippen LogP contribution in [0.1, 0.15) is 36.7 Å². The number of nitrogens with one attached hydrogen (secondary N) is 1. The smallest absolute Gasteiger partial charge is 0.270 e. The zero-order valence-corrected chi connectivity index (χ0v) is 9.01. The Hall–Kier alpha value is -0.900. The van der Waals surface area contributed by atoms with Crippen LogP contribution in [0.2, 0.25) is 0 Å². The van der Waals surface area contributed by atoms with Crippen molar-refractivity contribution in [2.45, 2.75) is 32.2 Å². The average Bonchev–Trinajstić information content (AvgIpc) is 2.71. The quantitative estimate of drug-likeness (QED) is 0.826. The van der Waals surface area contributed by atoms with Gasteiger partial charge in [-0.2, -0.15) is 0 Å². The number of nitrogens with zero attached hydrogens (tertiary/aromatic N) is 1. The van der Waals surface area contributed by atoms with Crippen molar-refractivity contribution < 1.29 is 4.79 Å². The summed E-state index contributed by atoms with van der Waals surface area (Å²) in [7, 11) is 0. The third kappa shape index (κ3) is 2.12. The number of amides is 1. The van der Waals surface area contributed by atoms with E-state index < -0.39 is 0 Å². The van der Waals surface area contributed by atoms with E-state index in [9.17, 15) is 4.79 Å². The molecule has 14 heavy (non-hydrogen) atoms. The SMILES string of the molecule is CCCC1CC1NC(=O)c1cscn1. The van der Waals surface area contributed by atoms with Crippen LogP contribution >= 0.6 is 11.3 Å². The van der Waals surface area contributed by atoms with Gasteiger partial charge in [-0.15, -0.1) is 11.3 Å². The maximum atomic E-state index is 11.5. The minimum Gasteiger partial charge on any atom is -0.348 e. The number of rotatable bonds is 4. The van der Waals surface area contributed by atoms with Gasteiger partial charge in [0, 0.05) is 11.4 Å². The highest BCUT2D eigenvalue weighted by molar-refractivity contribution is 7.07. The molecule has 3 nitrogen and oxygen atoms in total. The largest absolute Gasteiger partial charge is 0.348 e. The molecule has 0 aromatic carbocycles. The van der Waals surface area contributed by atoms with Crippen LogP contribution in [0.25, 0.3) is 0 Å². The van der Waals surface area contributed by atoms with E-state index in [0.717, 1.165) is 6.42 Å². The normalized spacial score (nSPS) is 24.6. The Bertz CT molecular complexity index is 310. The highest BCUT2D eigenvalue weighted by atomic mass is 32.1. The van der Waals surface area contributed by atoms with Gasteiger partial charge in [0.1, 0.15) is 5.69 Å². The lowest BCUT2D eigenvalue weighted by Crippen LogP contribution is -2.27. The lowest BCUT2D eigenvalue weighted by molar-refractivity contribution is 0.0944. The molecule has 1 aromatic heterocycles. The van der Waals surface area contributed by atoms with E-state index in [0.29, 0.717) is 17.7 Å². The molecule has 2 rings (SSSR count). The molecule has 1 aliphatic rings. The fraction of sp³-hybridized carbons (Fsp3) is 0.600. The molecular weight excluding hydrogens is 196 g/mol. The predicted octanol–water partition coefficient (Wildman–Crippen LogP) is 2.06. The van der Waals surface area contributed by atoms with Crippen molar-refractivity contribution in [2.24, 2.45) is 5.92 Å². The van der Waals surface area contributed by atoms with Crippen molar-refractivity contribution in [2.75, 3.05) is 0 Å². The molecule has 1 amide bonds. The first-order valence-corrected chi connectivity index (χ1v) is 5.94. The van der Waals surface area contributed by atoms with Crippen molar-refractivity contribution in [3.05, 3.63) is 16.6 Å². The molecular formula is C10H14N2OS. The Balaban J connectivity index is 1.80. The maximum absolute atomic E-state index is 11.5. The summed E-state index contributed by atoms with van der Waals surface area (Å²) in [5.74, 6) is 0.692. The van der Waals surface area contributed by atoms with E-state index in [1.165, 1.54) is 24.2 Å². The zero-order valence-electron chi connectivity index (χ0n) is 8.19. The summed E-state index contributed by atoms with van der Waals surface area (Å²) in [6.45, 7) is 2.18. The second-order valence-electron chi connectivity index (χ2n) is 3.74. The molecule has 1 saturated carbocycles. The molecule has 1 aliphatic carbocycles. The van der Waals surface area contributed by atoms with Crippen LogP contribution in [0.4, 0.5) is 0 Å². The van der Waals surface area contributed by atoms with Crippen LogP contribution in [-0.4, -0.2) is 16.9 Å². The summed E-state index contributed by atoms with van der Waals surface area (Å²) < 4.78 is 0. The van der Waals surface area contributed by atoms with Gasteiger partial charge in [-0.3, -0.25) is 4.79 Å². The monoisotopic (exact) mass is 210 g/mol. The van der Waals surface area contributed by atoms with Crippen LogP contribution in [0.15, 0.2) is 10.9 Å². The van der Waals surface area contributed by atoms with E-state index in [1.807, 2.05) is 0 Å². The molecule has 0 spiro atoms. The first kappa shape index (κ1) is 9.65. The van der Waals surface area contributed by atoms with Crippen LogP contribution in [0.3, 0.4) is 0 Å². The Morgan fingerprint density at radius 2 is 2.64 bits per heavy atom. The first-order chi connectivity index (χ1) is 6.81. The highest BCUT2D eigenvalue weighted by Gasteiger charge is 2.37. The molecule has 1 heterocycles. The van der Waals surface area contributed by atoms with E-state index in [1.54, 1.807) is 10.9 Å². The summed E-state index contributed by atoms with van der Waals surface area (Å²) in [6.07, 6.45) is 3.57. The predicted molar refractivity (Wildman–Crippen MR) is 56.4 cm³/mol. The molecule has 1 N–H and O–H groups in total. The van der Waals surface area contributed by atoms with Gasteiger partial charge >= 0.3 is 0 Å². The van der Waals surface area contributed by atoms with E-state index in [-0.39, 0.29) is 5.91 Å². The standard InChI is InChI=1S/C10H14N2OS/c1-2-3-7-4-8(7)12-10(13)9-5-14-6-11-9/h5-8H,2-4H2,1H3,(H,12,13). The number of hydrogen-bond donors (Lipinski definition) is 1. The molecule has 0 aliphatic heterocycles. The van der Waals surface area contributed by atoms with E-state index in [4.69, 9.17) is 0 Å². The van der Waals surface area contributed by atoms with Crippen LogP contribution in [-0.2, 0) is 0 Å². The molecule has 2 atom stereocenters. The summed E-state index contributed by atoms with van der Waals surface area (Å²) in [5.41, 5.74) is 2.24. The van der Waals surface area contributed by atoms with Gasteiger partial charge in [-0.05, 0) is 18.8 Å². The summed E-state index contributed by atoms with van der Waals surface area (Å²) >= 11 is 1.45. The Labute approximate surface area is 87.6 Å². The van der Waals surface area contributed by atoms with E-state index in [2.05, 4.69) is 17.2 Å². The highest BCUT2D eigenvalue weighted by Crippen LogP contribution is 2.34. The van der Waals surface area contributed by atoms with Gasteiger partial charge < -0.3 is 5.32 Å². The average molecular weight is 210 g/mol. The minimum atomic E-state index is -0.0187. The first-order valence-electron chi connectivity index (χ1n) is 5.00. The molecule has 4 heteroatoms.